The smallest absolute Gasteiger partial charge is 0.377 e. The fourth-order valence-corrected chi connectivity index (χ4v) is 5.38. The maximum absolute atomic E-state index is 5.43. The van der Waals surface area contributed by atoms with Gasteiger partial charge in [-0.15, -0.1) is 0 Å². The van der Waals surface area contributed by atoms with Crippen LogP contribution in [0.2, 0.25) is 5.54 Å². The van der Waals surface area contributed by atoms with E-state index >= 15 is 0 Å². The van der Waals surface area contributed by atoms with Crippen molar-refractivity contribution >= 4 is 8.80 Å². The first-order chi connectivity index (χ1) is 5.77. The third-order valence-electron chi connectivity index (χ3n) is 3.36. The fraction of sp³-hybridized carbons (Fsp3) is 1.00. The largest absolute Gasteiger partial charge is 0.503 e. The van der Waals surface area contributed by atoms with Gasteiger partial charge < -0.3 is 13.3 Å². The van der Waals surface area contributed by atoms with Gasteiger partial charge in [0.2, 0.25) is 0 Å². The van der Waals surface area contributed by atoms with Crippen LogP contribution in [0.4, 0.5) is 0 Å². The number of hydrogen-bond acceptors (Lipinski definition) is 3. The molecule has 0 spiro atoms. The van der Waals surface area contributed by atoms with Gasteiger partial charge in [-0.3, -0.25) is 0 Å². The Kier molecular flexibility index (Phi) is 2.03. The average Bonchev–Trinajstić information content (AvgIpc) is 2.72. The standard InChI is InChI=1S/C8H16O3Si/c1-9-12(10-2,11-3)8-5-6-4-7(6)8/h6-8H,4-5H2,1-3H3. The predicted octanol–water partition coefficient (Wildman–Crippen LogP) is 1.27. The zero-order valence-corrected chi connectivity index (χ0v) is 8.87. The summed E-state index contributed by atoms with van der Waals surface area (Å²) in [7, 11) is 2.85. The highest BCUT2D eigenvalue weighted by molar-refractivity contribution is 6.62. The molecule has 2 fully saturated rings. The Bertz CT molecular complexity index is 173. The SMILES string of the molecule is CO[Si](OC)(OC)C1CC2CC21. The van der Waals surface area contributed by atoms with Crippen LogP contribution in [0.5, 0.6) is 0 Å². The Balaban J connectivity index is 2.03. The van der Waals surface area contributed by atoms with Crippen LogP contribution in [0.15, 0.2) is 0 Å². The summed E-state index contributed by atoms with van der Waals surface area (Å²) >= 11 is 0. The highest BCUT2D eigenvalue weighted by Crippen LogP contribution is 2.66. The summed E-state index contributed by atoms with van der Waals surface area (Å²) in [5, 5.41) is 0. The van der Waals surface area contributed by atoms with Gasteiger partial charge in [-0.05, 0) is 24.7 Å². The second-order valence-electron chi connectivity index (χ2n) is 3.72. The lowest BCUT2D eigenvalue weighted by molar-refractivity contribution is 0.0950. The van der Waals surface area contributed by atoms with E-state index in [9.17, 15) is 0 Å². The molecule has 0 aromatic rings. The van der Waals surface area contributed by atoms with Gasteiger partial charge in [0.15, 0.2) is 0 Å². The first kappa shape index (κ1) is 8.68. The van der Waals surface area contributed by atoms with Crippen LogP contribution >= 0.6 is 0 Å². The second-order valence-corrected chi connectivity index (χ2v) is 6.89. The third kappa shape index (κ3) is 0.987. The first-order valence-electron chi connectivity index (χ1n) is 4.43. The van der Waals surface area contributed by atoms with E-state index in [2.05, 4.69) is 0 Å². The van der Waals surface area contributed by atoms with Gasteiger partial charge in [0.05, 0.1) is 0 Å². The minimum absolute atomic E-state index is 0.586. The summed E-state index contributed by atoms with van der Waals surface area (Å²) in [5.41, 5.74) is 0.586. The second kappa shape index (κ2) is 2.80. The lowest BCUT2D eigenvalue weighted by atomic mass is 10.00. The molecule has 0 heterocycles. The van der Waals surface area contributed by atoms with E-state index in [-0.39, 0.29) is 0 Å². The van der Waals surface area contributed by atoms with Crippen LogP contribution in [0, 0.1) is 11.8 Å². The van der Waals surface area contributed by atoms with Crippen molar-refractivity contribution in [2.75, 3.05) is 21.3 Å². The maximum atomic E-state index is 5.43. The summed E-state index contributed by atoms with van der Waals surface area (Å²) in [6.07, 6.45) is 2.63. The van der Waals surface area contributed by atoms with Crippen LogP contribution in [0.25, 0.3) is 0 Å². The summed E-state index contributed by atoms with van der Waals surface area (Å²) < 4.78 is 16.3. The van der Waals surface area contributed by atoms with E-state index in [1.54, 1.807) is 21.3 Å². The van der Waals surface area contributed by atoms with Crippen molar-refractivity contribution in [1.82, 2.24) is 0 Å². The highest BCUT2D eigenvalue weighted by Gasteiger charge is 2.65. The quantitative estimate of drug-likeness (QED) is 0.622. The average molecular weight is 188 g/mol. The molecule has 0 radical (unpaired) electrons. The molecule has 3 nitrogen and oxygen atoms in total. The molecule has 4 heteroatoms. The maximum Gasteiger partial charge on any atom is 0.503 e. The van der Waals surface area contributed by atoms with Crippen LogP contribution in [-0.2, 0) is 13.3 Å². The fourth-order valence-electron chi connectivity index (χ4n) is 2.45. The Morgan fingerprint density at radius 3 is 1.83 bits per heavy atom. The van der Waals surface area contributed by atoms with E-state index in [1.165, 1.54) is 12.8 Å². The minimum atomic E-state index is -2.26. The molecule has 3 atom stereocenters. The van der Waals surface area contributed by atoms with Crippen molar-refractivity contribution in [3.8, 4) is 0 Å². The molecule has 0 bridgehead atoms. The summed E-state index contributed by atoms with van der Waals surface area (Å²) in [6, 6.07) is 0. The van der Waals surface area contributed by atoms with E-state index in [0.29, 0.717) is 5.54 Å². The van der Waals surface area contributed by atoms with Gasteiger partial charge >= 0.3 is 8.80 Å². The zero-order chi connectivity index (χ0) is 8.77. The molecular formula is C8H16O3Si. The van der Waals surface area contributed by atoms with Crippen molar-refractivity contribution < 1.29 is 13.3 Å². The lowest BCUT2D eigenvalue weighted by Crippen LogP contribution is -2.51. The van der Waals surface area contributed by atoms with Crippen LogP contribution in [0.1, 0.15) is 12.8 Å². The predicted molar refractivity (Wildman–Crippen MR) is 46.7 cm³/mol. The minimum Gasteiger partial charge on any atom is -0.377 e. The molecule has 0 amide bonds. The molecule has 2 aliphatic rings. The number of rotatable bonds is 4. The molecule has 0 N–H and O–H groups in total. The summed E-state index contributed by atoms with van der Waals surface area (Å²) in [6.45, 7) is 0. The third-order valence-corrected chi connectivity index (χ3v) is 6.64. The molecule has 2 rings (SSSR count). The molecule has 70 valence electrons. The Morgan fingerprint density at radius 1 is 1.00 bits per heavy atom. The normalized spacial score (nSPS) is 38.8. The van der Waals surface area contributed by atoms with Gasteiger partial charge in [0.1, 0.15) is 0 Å². The molecule has 0 aromatic heterocycles. The van der Waals surface area contributed by atoms with E-state index in [1.807, 2.05) is 0 Å². The van der Waals surface area contributed by atoms with Crippen molar-refractivity contribution in [3.05, 3.63) is 0 Å². The van der Waals surface area contributed by atoms with Crippen LogP contribution in [0.3, 0.4) is 0 Å². The molecular weight excluding hydrogens is 172 g/mol. The molecule has 2 aliphatic carbocycles. The van der Waals surface area contributed by atoms with Crippen molar-refractivity contribution in [1.29, 1.82) is 0 Å². The van der Waals surface area contributed by atoms with E-state index in [4.69, 9.17) is 13.3 Å². The zero-order valence-electron chi connectivity index (χ0n) is 7.87. The lowest BCUT2D eigenvalue weighted by Gasteiger charge is -2.37. The van der Waals surface area contributed by atoms with E-state index < -0.39 is 8.80 Å². The van der Waals surface area contributed by atoms with Gasteiger partial charge in [-0.25, -0.2) is 0 Å². The molecule has 0 saturated heterocycles. The van der Waals surface area contributed by atoms with Crippen molar-refractivity contribution in [2.24, 2.45) is 11.8 Å². The molecule has 2 saturated carbocycles. The monoisotopic (exact) mass is 188 g/mol. The van der Waals surface area contributed by atoms with Crippen molar-refractivity contribution in [3.63, 3.8) is 0 Å². The Hall–Kier alpha value is 0.0969. The van der Waals surface area contributed by atoms with Crippen LogP contribution in [-0.4, -0.2) is 30.1 Å². The molecule has 3 unspecified atom stereocenters. The Morgan fingerprint density at radius 2 is 1.58 bits per heavy atom. The summed E-state index contributed by atoms with van der Waals surface area (Å²) in [5.74, 6) is 1.83. The first-order valence-corrected chi connectivity index (χ1v) is 6.23. The molecule has 0 aliphatic heterocycles. The van der Waals surface area contributed by atoms with Gasteiger partial charge in [-0.1, -0.05) is 0 Å². The summed E-state index contributed by atoms with van der Waals surface area (Å²) in [4.78, 5) is 0. The van der Waals surface area contributed by atoms with Gasteiger partial charge in [0.25, 0.3) is 0 Å². The van der Waals surface area contributed by atoms with Gasteiger partial charge in [-0.2, -0.15) is 0 Å². The van der Waals surface area contributed by atoms with E-state index in [0.717, 1.165) is 11.8 Å². The molecule has 12 heavy (non-hydrogen) atoms. The topological polar surface area (TPSA) is 27.7 Å². The number of hydrogen-bond donors (Lipinski definition) is 0. The number of fused-ring (bicyclic) bond motifs is 1. The van der Waals surface area contributed by atoms with Gasteiger partial charge in [0, 0.05) is 26.9 Å². The van der Waals surface area contributed by atoms with Crippen molar-refractivity contribution in [2.45, 2.75) is 18.4 Å². The highest BCUT2D eigenvalue weighted by atomic mass is 28.4. The van der Waals surface area contributed by atoms with Crippen LogP contribution < -0.4 is 0 Å². The Labute approximate surface area is 74.4 Å². The molecule has 0 aromatic carbocycles.